The van der Waals surface area contributed by atoms with Gasteiger partial charge in [0.05, 0.1) is 18.6 Å². The van der Waals surface area contributed by atoms with Crippen molar-refractivity contribution in [3.63, 3.8) is 0 Å². The zero-order valence-corrected chi connectivity index (χ0v) is 20.7. The summed E-state index contributed by atoms with van der Waals surface area (Å²) < 4.78 is 16.4. The number of imide groups is 1. The molecule has 2 aromatic carbocycles. The fourth-order valence-corrected chi connectivity index (χ4v) is 4.14. The summed E-state index contributed by atoms with van der Waals surface area (Å²) >= 11 is 4.15. The molecule has 0 spiro atoms. The smallest absolute Gasteiger partial charge is 0.325 e. The van der Waals surface area contributed by atoms with E-state index in [1.54, 1.807) is 31.2 Å². The number of rotatable bonds is 9. The highest BCUT2D eigenvalue weighted by Crippen LogP contribution is 2.38. The summed E-state index contributed by atoms with van der Waals surface area (Å²) in [6, 6.07) is 12.2. The van der Waals surface area contributed by atoms with E-state index in [1.807, 2.05) is 18.2 Å². The van der Waals surface area contributed by atoms with Crippen LogP contribution in [0.5, 0.6) is 11.5 Å². The molecule has 0 unspecified atom stereocenters. The minimum absolute atomic E-state index is 0.146. The highest BCUT2D eigenvalue weighted by molar-refractivity contribution is 9.10. The number of ether oxygens (including phenoxy) is 3. The molecule has 1 N–H and O–H groups in total. The molecule has 0 aliphatic carbocycles. The summed E-state index contributed by atoms with van der Waals surface area (Å²) in [6.45, 7) is 1.43. The lowest BCUT2D eigenvalue weighted by Crippen LogP contribution is -2.34. The van der Waals surface area contributed by atoms with Gasteiger partial charge in [0.2, 0.25) is 0 Å². The van der Waals surface area contributed by atoms with E-state index in [-0.39, 0.29) is 17.4 Å². The molecular formula is C23H21BrN2O7S. The number of thioether (sulfide) groups is 1. The van der Waals surface area contributed by atoms with E-state index in [1.165, 1.54) is 13.2 Å². The van der Waals surface area contributed by atoms with Crippen LogP contribution >= 0.6 is 27.7 Å². The van der Waals surface area contributed by atoms with Crippen LogP contribution in [0.2, 0.25) is 0 Å². The molecule has 178 valence electrons. The van der Waals surface area contributed by atoms with Gasteiger partial charge in [-0.2, -0.15) is 0 Å². The highest BCUT2D eigenvalue weighted by atomic mass is 79.9. The van der Waals surface area contributed by atoms with E-state index in [9.17, 15) is 19.2 Å². The number of benzene rings is 2. The van der Waals surface area contributed by atoms with Crippen LogP contribution in [0.4, 0.5) is 10.5 Å². The van der Waals surface area contributed by atoms with Gasteiger partial charge in [-0.15, -0.1) is 0 Å². The van der Waals surface area contributed by atoms with Gasteiger partial charge in [0.25, 0.3) is 17.1 Å². The number of anilines is 1. The van der Waals surface area contributed by atoms with Crippen molar-refractivity contribution < 1.29 is 33.4 Å². The Morgan fingerprint density at radius 3 is 2.50 bits per heavy atom. The lowest BCUT2D eigenvalue weighted by molar-refractivity contribution is -0.143. The summed E-state index contributed by atoms with van der Waals surface area (Å²) in [6.07, 6.45) is 1.51. The minimum Gasteiger partial charge on any atom is -0.490 e. The summed E-state index contributed by atoms with van der Waals surface area (Å²) in [7, 11) is 1.18. The second-order valence-electron chi connectivity index (χ2n) is 6.80. The van der Waals surface area contributed by atoms with Gasteiger partial charge < -0.3 is 19.5 Å². The monoisotopic (exact) mass is 548 g/mol. The number of methoxy groups -OCH3 is 1. The Bertz CT molecular complexity index is 1140. The molecule has 9 nitrogen and oxygen atoms in total. The first kappa shape index (κ1) is 25.3. The van der Waals surface area contributed by atoms with Gasteiger partial charge in [-0.25, -0.2) is 0 Å². The molecule has 3 amide bonds. The molecule has 2 aromatic rings. The van der Waals surface area contributed by atoms with Crippen LogP contribution in [0.15, 0.2) is 51.8 Å². The number of halogens is 1. The first-order valence-electron chi connectivity index (χ1n) is 10.1. The van der Waals surface area contributed by atoms with E-state index >= 15 is 0 Å². The van der Waals surface area contributed by atoms with Crippen molar-refractivity contribution in [2.45, 2.75) is 6.92 Å². The van der Waals surface area contributed by atoms with Gasteiger partial charge >= 0.3 is 5.97 Å². The number of amides is 3. The second kappa shape index (κ2) is 11.7. The molecule has 3 rings (SSSR count). The maximum absolute atomic E-state index is 12.6. The van der Waals surface area contributed by atoms with E-state index in [4.69, 9.17) is 9.47 Å². The Labute approximate surface area is 208 Å². The zero-order valence-electron chi connectivity index (χ0n) is 18.3. The molecule has 1 fully saturated rings. The van der Waals surface area contributed by atoms with Crippen molar-refractivity contribution >= 4 is 62.5 Å². The van der Waals surface area contributed by atoms with Crippen LogP contribution in [-0.4, -0.2) is 54.8 Å². The molecule has 0 bridgehead atoms. The van der Waals surface area contributed by atoms with Crippen LogP contribution < -0.4 is 14.8 Å². The second-order valence-corrected chi connectivity index (χ2v) is 8.65. The molecule has 0 saturated carbocycles. The number of hydrogen-bond donors (Lipinski definition) is 1. The average Bonchev–Trinajstić information content (AvgIpc) is 3.08. The van der Waals surface area contributed by atoms with Crippen LogP contribution in [-0.2, 0) is 19.1 Å². The van der Waals surface area contributed by atoms with Gasteiger partial charge in [-0.05, 0) is 54.6 Å². The lowest BCUT2D eigenvalue weighted by Gasteiger charge is -2.14. The third-order valence-electron chi connectivity index (χ3n) is 4.45. The molecular weight excluding hydrogens is 528 g/mol. The zero-order chi connectivity index (χ0) is 24.7. The molecule has 0 radical (unpaired) electrons. The van der Waals surface area contributed by atoms with Crippen molar-refractivity contribution in [1.29, 1.82) is 0 Å². The maximum Gasteiger partial charge on any atom is 0.325 e. The van der Waals surface area contributed by atoms with Crippen LogP contribution in [0.1, 0.15) is 12.5 Å². The topological polar surface area (TPSA) is 111 Å². The van der Waals surface area contributed by atoms with Gasteiger partial charge in [0.15, 0.2) is 18.1 Å². The Balaban J connectivity index is 1.77. The summed E-state index contributed by atoms with van der Waals surface area (Å²) in [4.78, 5) is 49.4. The molecule has 0 aromatic heterocycles. The molecule has 1 saturated heterocycles. The van der Waals surface area contributed by atoms with Crippen LogP contribution in [0.3, 0.4) is 0 Å². The predicted octanol–water partition coefficient (Wildman–Crippen LogP) is 4.07. The van der Waals surface area contributed by atoms with Crippen molar-refractivity contribution in [2.75, 3.05) is 32.2 Å². The number of nitrogens with one attached hydrogen (secondary N) is 1. The number of nitrogens with zero attached hydrogens (tertiary/aromatic N) is 1. The molecule has 1 aliphatic rings. The van der Waals surface area contributed by atoms with Crippen molar-refractivity contribution in [1.82, 2.24) is 4.90 Å². The molecule has 1 aliphatic heterocycles. The molecule has 1 heterocycles. The van der Waals surface area contributed by atoms with Crippen molar-refractivity contribution in [2.24, 2.45) is 0 Å². The number of carbonyl (C=O) groups is 4. The fourth-order valence-electron chi connectivity index (χ4n) is 2.88. The third kappa shape index (κ3) is 6.39. The Morgan fingerprint density at radius 2 is 1.82 bits per heavy atom. The third-order valence-corrected chi connectivity index (χ3v) is 6.05. The minimum atomic E-state index is -0.693. The summed E-state index contributed by atoms with van der Waals surface area (Å²) in [5, 5.41) is 2.17. The molecule has 0 atom stereocenters. The standard InChI is InChI=1S/C23H21BrN2O7S/c1-3-32-17-9-14(10-19-22(29)26(23(30)34-19)12-21(28)31-2)16(24)11-18(17)33-13-20(27)25-15-7-5-4-6-8-15/h4-11H,3,12-13H2,1-2H3,(H,25,27)/b19-10-. The summed E-state index contributed by atoms with van der Waals surface area (Å²) in [5.41, 5.74) is 1.20. The Kier molecular flexibility index (Phi) is 8.72. The lowest BCUT2D eigenvalue weighted by atomic mass is 10.1. The quantitative estimate of drug-likeness (QED) is 0.368. The number of hydrogen-bond acceptors (Lipinski definition) is 8. The van der Waals surface area contributed by atoms with Gasteiger partial charge in [-0.1, -0.05) is 34.1 Å². The van der Waals surface area contributed by atoms with Crippen molar-refractivity contribution in [3.05, 3.63) is 57.4 Å². The first-order chi connectivity index (χ1) is 16.3. The highest BCUT2D eigenvalue weighted by Gasteiger charge is 2.36. The van der Waals surface area contributed by atoms with E-state index in [0.29, 0.717) is 33.8 Å². The number of para-hydroxylation sites is 1. The molecule has 11 heteroatoms. The SMILES string of the molecule is CCOc1cc(/C=C2\SC(=O)N(CC(=O)OC)C2=O)c(Br)cc1OCC(=O)Nc1ccccc1. The van der Waals surface area contributed by atoms with E-state index in [0.717, 1.165) is 16.7 Å². The van der Waals surface area contributed by atoms with Crippen molar-refractivity contribution in [3.8, 4) is 11.5 Å². The normalized spacial score (nSPS) is 14.3. The van der Waals surface area contributed by atoms with E-state index < -0.39 is 23.7 Å². The van der Waals surface area contributed by atoms with Crippen LogP contribution in [0.25, 0.3) is 6.08 Å². The largest absolute Gasteiger partial charge is 0.490 e. The molecule has 34 heavy (non-hydrogen) atoms. The maximum atomic E-state index is 12.6. The number of esters is 1. The fraction of sp³-hybridized carbons (Fsp3) is 0.217. The van der Waals surface area contributed by atoms with Gasteiger partial charge in [0, 0.05) is 10.2 Å². The van der Waals surface area contributed by atoms with Crippen LogP contribution in [0, 0.1) is 0 Å². The first-order valence-corrected chi connectivity index (χ1v) is 11.7. The predicted molar refractivity (Wildman–Crippen MR) is 131 cm³/mol. The summed E-state index contributed by atoms with van der Waals surface area (Å²) in [5.74, 6) is -0.941. The van der Waals surface area contributed by atoms with Gasteiger partial charge in [0.1, 0.15) is 6.54 Å². The van der Waals surface area contributed by atoms with E-state index in [2.05, 4.69) is 26.0 Å². The Morgan fingerprint density at radius 1 is 1.12 bits per heavy atom. The number of carbonyl (C=O) groups excluding carboxylic acids is 4. The Hall–Kier alpha value is -3.31. The average molecular weight is 549 g/mol. The van der Waals surface area contributed by atoms with Gasteiger partial charge in [-0.3, -0.25) is 24.1 Å².